The first-order valence-electron chi connectivity index (χ1n) is 10.8. The first kappa shape index (κ1) is 27.4. The molecule has 3 nitrogen and oxygen atoms in total. The molecular formula is C24H27Cl4O3P. The first-order chi connectivity index (χ1) is 15.2. The molecule has 0 heterocycles. The highest BCUT2D eigenvalue weighted by Gasteiger charge is 2.43. The number of hydrogen-bond donors (Lipinski definition) is 0. The van der Waals surface area contributed by atoms with Gasteiger partial charge in [-0.25, -0.2) is 0 Å². The fraction of sp³-hybridized carbons (Fsp3) is 0.417. The third-order valence-electron chi connectivity index (χ3n) is 5.34. The summed E-state index contributed by atoms with van der Waals surface area (Å²) in [4.78, 5) is 26.9. The van der Waals surface area contributed by atoms with Gasteiger partial charge in [-0.2, -0.15) is 0 Å². The third-order valence-corrected chi connectivity index (χ3v) is 9.30. The maximum absolute atomic E-state index is 14.1. The Kier molecular flexibility index (Phi) is 11.3. The molecule has 8 heteroatoms. The van der Waals surface area contributed by atoms with E-state index in [0.29, 0.717) is 6.42 Å². The molecule has 0 radical (unpaired) electrons. The number of halogens is 4. The predicted octanol–water partition coefficient (Wildman–Crippen LogP) is 9.78. The fourth-order valence-electron chi connectivity index (χ4n) is 3.53. The van der Waals surface area contributed by atoms with Gasteiger partial charge in [0, 0.05) is 6.16 Å². The zero-order chi connectivity index (χ0) is 23.7. The van der Waals surface area contributed by atoms with E-state index in [2.05, 4.69) is 6.92 Å². The lowest BCUT2D eigenvalue weighted by atomic mass is 10.1. The quantitative estimate of drug-likeness (QED) is 0.189. The van der Waals surface area contributed by atoms with Gasteiger partial charge in [0.2, 0.25) is 18.2 Å². The molecule has 0 fully saturated rings. The summed E-state index contributed by atoms with van der Waals surface area (Å²) in [5.41, 5.74) is -1.90. The number of rotatable bonds is 13. The van der Waals surface area contributed by atoms with E-state index in [-0.39, 0.29) is 37.4 Å². The molecule has 2 aromatic rings. The maximum Gasteiger partial charge on any atom is 0.231 e. The van der Waals surface area contributed by atoms with E-state index in [1.165, 1.54) is 43.5 Å². The van der Waals surface area contributed by atoms with Crippen molar-refractivity contribution in [1.82, 2.24) is 0 Å². The molecule has 0 unspecified atom stereocenters. The van der Waals surface area contributed by atoms with Crippen LogP contribution in [0.3, 0.4) is 0 Å². The van der Waals surface area contributed by atoms with Gasteiger partial charge in [0.05, 0.1) is 31.2 Å². The Morgan fingerprint density at radius 1 is 0.656 bits per heavy atom. The molecule has 0 saturated heterocycles. The second-order valence-electron chi connectivity index (χ2n) is 7.74. The lowest BCUT2D eigenvalue weighted by Gasteiger charge is -2.19. The van der Waals surface area contributed by atoms with Crippen molar-refractivity contribution in [3.63, 3.8) is 0 Å². The Bertz CT molecular complexity index is 899. The number of carbonyl (C=O) groups is 2. The van der Waals surface area contributed by atoms with Crippen LogP contribution in [0.1, 0.15) is 79.0 Å². The molecule has 0 aromatic heterocycles. The molecule has 32 heavy (non-hydrogen) atoms. The van der Waals surface area contributed by atoms with Gasteiger partial charge in [-0.3, -0.25) is 9.59 Å². The van der Waals surface area contributed by atoms with Crippen LogP contribution >= 0.6 is 53.5 Å². The van der Waals surface area contributed by atoms with Crippen LogP contribution < -0.4 is 0 Å². The molecule has 0 spiro atoms. The molecular weight excluding hydrogens is 509 g/mol. The van der Waals surface area contributed by atoms with Crippen LogP contribution in [0.4, 0.5) is 0 Å². The minimum absolute atomic E-state index is 0.0525. The Morgan fingerprint density at radius 2 is 1.00 bits per heavy atom. The molecule has 0 N–H and O–H groups in total. The third kappa shape index (κ3) is 6.84. The van der Waals surface area contributed by atoms with Crippen LogP contribution in [0, 0.1) is 0 Å². The van der Waals surface area contributed by atoms with E-state index in [4.69, 9.17) is 46.4 Å². The minimum atomic E-state index is -4.13. The molecule has 0 atom stereocenters. The van der Waals surface area contributed by atoms with Crippen molar-refractivity contribution in [3.05, 3.63) is 67.6 Å². The number of benzene rings is 2. The molecule has 0 aliphatic carbocycles. The van der Waals surface area contributed by atoms with Crippen molar-refractivity contribution in [2.75, 3.05) is 6.16 Å². The van der Waals surface area contributed by atoms with Crippen molar-refractivity contribution >= 4 is 64.6 Å². The van der Waals surface area contributed by atoms with Crippen LogP contribution in [0.15, 0.2) is 36.4 Å². The van der Waals surface area contributed by atoms with Crippen molar-refractivity contribution in [2.24, 2.45) is 0 Å². The van der Waals surface area contributed by atoms with Crippen LogP contribution in [0.5, 0.6) is 0 Å². The van der Waals surface area contributed by atoms with E-state index in [9.17, 15) is 14.2 Å². The summed E-state index contributed by atoms with van der Waals surface area (Å²) in [6.45, 7) is 2.17. The van der Waals surface area contributed by atoms with Gasteiger partial charge in [0.1, 0.15) is 0 Å². The Hall–Kier alpha value is -0.830. The summed E-state index contributed by atoms with van der Waals surface area (Å²) in [5, 5.41) is 0.210. The maximum atomic E-state index is 14.1. The van der Waals surface area contributed by atoms with Gasteiger partial charge in [-0.15, -0.1) is 0 Å². The van der Waals surface area contributed by atoms with Gasteiger partial charge in [-0.1, -0.05) is 110 Å². The van der Waals surface area contributed by atoms with Gasteiger partial charge < -0.3 is 4.57 Å². The largest absolute Gasteiger partial charge is 0.307 e. The van der Waals surface area contributed by atoms with Gasteiger partial charge in [0.25, 0.3) is 0 Å². The smallest absolute Gasteiger partial charge is 0.231 e. The van der Waals surface area contributed by atoms with Crippen molar-refractivity contribution in [1.29, 1.82) is 0 Å². The summed E-state index contributed by atoms with van der Waals surface area (Å²) in [7, 11) is -4.13. The van der Waals surface area contributed by atoms with Crippen LogP contribution in [0.25, 0.3) is 0 Å². The molecule has 0 saturated carbocycles. The molecule has 0 aliphatic heterocycles. The monoisotopic (exact) mass is 534 g/mol. The topological polar surface area (TPSA) is 51.2 Å². The van der Waals surface area contributed by atoms with E-state index in [0.717, 1.165) is 25.7 Å². The molecule has 0 amide bonds. The SMILES string of the molecule is CCCCCCCCCCP(=O)(C(=O)c1c(Cl)cccc1Cl)C(=O)c1c(Cl)cccc1Cl. The highest BCUT2D eigenvalue weighted by atomic mass is 35.5. The standard InChI is InChI=1S/C24H27Cl4O3P/c1-2-3-4-5-6-7-8-9-16-32(31,23(29)21-17(25)12-10-13-18(21)26)24(30)22-19(27)14-11-15-20(22)28/h10-15H,2-9,16H2,1H3. The van der Waals surface area contributed by atoms with E-state index >= 15 is 0 Å². The summed E-state index contributed by atoms with van der Waals surface area (Å²) in [6, 6.07) is 9.08. The first-order valence-corrected chi connectivity index (χ1v) is 14.2. The highest BCUT2D eigenvalue weighted by molar-refractivity contribution is 7.95. The Balaban J connectivity index is 2.30. The second kappa shape index (κ2) is 13.2. The molecule has 2 rings (SSSR count). The zero-order valence-corrected chi connectivity index (χ0v) is 21.9. The van der Waals surface area contributed by atoms with Crippen LogP contribution in [-0.2, 0) is 4.57 Å². The van der Waals surface area contributed by atoms with E-state index in [1.807, 2.05) is 0 Å². The molecule has 174 valence electrons. The number of unbranched alkanes of at least 4 members (excludes halogenated alkanes) is 7. The average molecular weight is 536 g/mol. The molecule has 2 aromatic carbocycles. The van der Waals surface area contributed by atoms with Crippen molar-refractivity contribution in [3.8, 4) is 0 Å². The van der Waals surface area contributed by atoms with Gasteiger partial charge >= 0.3 is 0 Å². The summed E-state index contributed by atoms with van der Waals surface area (Å²) >= 11 is 24.8. The van der Waals surface area contributed by atoms with Crippen molar-refractivity contribution in [2.45, 2.75) is 58.3 Å². The highest BCUT2D eigenvalue weighted by Crippen LogP contribution is 2.55. The van der Waals surface area contributed by atoms with Crippen LogP contribution in [-0.4, -0.2) is 17.2 Å². The fourth-order valence-corrected chi connectivity index (χ4v) is 7.39. The Labute approximate surface area is 210 Å². The van der Waals surface area contributed by atoms with E-state index in [1.54, 1.807) is 12.1 Å². The summed E-state index contributed by atoms with van der Waals surface area (Å²) < 4.78 is 14.1. The van der Waals surface area contributed by atoms with Gasteiger partial charge in [-0.05, 0) is 30.7 Å². The average Bonchev–Trinajstić information content (AvgIpc) is 2.75. The zero-order valence-electron chi connectivity index (χ0n) is 18.0. The lowest BCUT2D eigenvalue weighted by molar-refractivity contribution is 0.103. The predicted molar refractivity (Wildman–Crippen MR) is 137 cm³/mol. The second-order valence-corrected chi connectivity index (χ2v) is 12.1. The van der Waals surface area contributed by atoms with E-state index < -0.39 is 18.2 Å². The van der Waals surface area contributed by atoms with Crippen LogP contribution in [0.2, 0.25) is 20.1 Å². The Morgan fingerprint density at radius 3 is 1.38 bits per heavy atom. The normalized spacial score (nSPS) is 11.5. The number of carbonyl (C=O) groups excluding carboxylic acids is 2. The van der Waals surface area contributed by atoms with Crippen molar-refractivity contribution < 1.29 is 14.2 Å². The van der Waals surface area contributed by atoms with Gasteiger partial charge in [0.15, 0.2) is 0 Å². The lowest BCUT2D eigenvalue weighted by Crippen LogP contribution is -2.15. The summed E-state index contributed by atoms with van der Waals surface area (Å²) in [6.07, 6.45) is 7.91. The molecule has 0 aliphatic rings. The molecule has 0 bridgehead atoms. The minimum Gasteiger partial charge on any atom is -0.307 e. The summed E-state index contributed by atoms with van der Waals surface area (Å²) in [5.74, 6) is 0. The number of hydrogen-bond acceptors (Lipinski definition) is 3.